The van der Waals surface area contributed by atoms with Crippen LogP contribution in [0.5, 0.6) is 0 Å². The van der Waals surface area contributed by atoms with E-state index >= 15 is 0 Å². The molecule has 2 amide bonds. The van der Waals surface area contributed by atoms with Crippen LogP contribution in [0.25, 0.3) is 5.52 Å². The number of H-pyrrole nitrogens is 1. The fourth-order valence-electron chi connectivity index (χ4n) is 4.78. The summed E-state index contributed by atoms with van der Waals surface area (Å²) in [4.78, 5) is 32.5. The predicted octanol–water partition coefficient (Wildman–Crippen LogP) is 3.40. The molecule has 1 aliphatic heterocycles. The molecule has 12 nitrogen and oxygen atoms in total. The number of hydrogen-bond acceptors (Lipinski definition) is 9. The Balaban J connectivity index is 1.22. The van der Waals surface area contributed by atoms with Crippen molar-refractivity contribution in [3.63, 3.8) is 0 Å². The Morgan fingerprint density at radius 1 is 1.12 bits per heavy atom. The van der Waals surface area contributed by atoms with Crippen molar-refractivity contribution in [1.29, 1.82) is 0 Å². The van der Waals surface area contributed by atoms with E-state index in [0.717, 1.165) is 48.5 Å². The number of aromatic nitrogens is 5. The molecule has 0 radical (unpaired) electrons. The molecule has 2 aliphatic rings. The Bertz CT molecular complexity index is 1530. The molecule has 0 spiro atoms. The summed E-state index contributed by atoms with van der Waals surface area (Å²) in [5.74, 6) is 1.22. The number of hydrogen-bond donors (Lipinski definition) is 5. The topological polar surface area (TPSA) is 153 Å². The van der Waals surface area contributed by atoms with E-state index in [0.29, 0.717) is 28.0 Å². The summed E-state index contributed by atoms with van der Waals surface area (Å²) in [6.45, 7) is 2.99. The highest BCUT2D eigenvalue weighted by Crippen LogP contribution is 2.32. The van der Waals surface area contributed by atoms with Gasteiger partial charge < -0.3 is 21.1 Å². The van der Waals surface area contributed by atoms with E-state index in [-0.39, 0.29) is 36.9 Å². The van der Waals surface area contributed by atoms with Gasteiger partial charge in [0.15, 0.2) is 11.6 Å². The third-order valence-corrected chi connectivity index (χ3v) is 7.88. The lowest BCUT2D eigenvalue weighted by atomic mass is 10.2. The number of aliphatic hydroxyl groups is 1. The quantitative estimate of drug-likeness (QED) is 0.196. The molecule has 1 aromatic carbocycles. The number of likely N-dealkylation sites (tertiary alicyclic amines) is 1. The Kier molecular flexibility index (Phi) is 7.41. The zero-order valence-corrected chi connectivity index (χ0v) is 22.9. The minimum atomic E-state index is -0.148. The molecule has 1 atom stereocenters. The van der Waals surface area contributed by atoms with E-state index in [9.17, 15) is 14.7 Å². The van der Waals surface area contributed by atoms with Gasteiger partial charge in [-0.05, 0) is 81.2 Å². The molecule has 6 rings (SSSR count). The zero-order chi connectivity index (χ0) is 27.6. The molecule has 4 heterocycles. The van der Waals surface area contributed by atoms with Crippen molar-refractivity contribution in [2.75, 3.05) is 35.6 Å². The predicted molar refractivity (Wildman–Crippen MR) is 152 cm³/mol. The summed E-state index contributed by atoms with van der Waals surface area (Å²) < 4.78 is 1.68. The Hall–Kier alpha value is -3.94. The van der Waals surface area contributed by atoms with Crippen molar-refractivity contribution in [1.82, 2.24) is 29.7 Å². The van der Waals surface area contributed by atoms with E-state index < -0.39 is 0 Å². The number of nitrogens with zero attached hydrogens (tertiary/aromatic N) is 5. The Morgan fingerprint density at radius 3 is 2.67 bits per heavy atom. The van der Waals surface area contributed by atoms with Crippen molar-refractivity contribution in [2.24, 2.45) is 5.92 Å². The standard InChI is InChI=1S/C27H31N9O3S/c1-16-11-23(33-32-16)30-25-22-12-19(28-24(38)14-35-10-2-3-20(35)15-37)13-36(22)34-27(31-25)40-21-8-6-18(7-9-21)29-26(39)17-4-5-17/h6-9,11-13,17,20,37H,2-5,10,14-15H2,1H3,(H,28,38)(H,29,39)(H2,30,31,32,33,34)/t20-/m0/s1. The van der Waals surface area contributed by atoms with E-state index in [4.69, 9.17) is 4.98 Å². The van der Waals surface area contributed by atoms with Gasteiger partial charge in [-0.1, -0.05) is 0 Å². The average Bonchev–Trinajstić information content (AvgIpc) is 3.36. The molecule has 5 N–H and O–H groups in total. The second-order valence-corrected chi connectivity index (χ2v) is 11.3. The van der Waals surface area contributed by atoms with Crippen LogP contribution in [0.1, 0.15) is 31.4 Å². The summed E-state index contributed by atoms with van der Waals surface area (Å²) in [6, 6.07) is 11.3. The lowest BCUT2D eigenvalue weighted by Gasteiger charge is -2.21. The molecule has 4 aromatic rings. The third kappa shape index (κ3) is 6.11. The van der Waals surface area contributed by atoms with Gasteiger partial charge in [0.25, 0.3) is 0 Å². The van der Waals surface area contributed by atoms with Crippen LogP contribution >= 0.6 is 11.8 Å². The fourth-order valence-corrected chi connectivity index (χ4v) is 5.53. The summed E-state index contributed by atoms with van der Waals surface area (Å²) >= 11 is 1.38. The number of aromatic amines is 1. The molecule has 1 saturated carbocycles. The second-order valence-electron chi connectivity index (χ2n) is 10.3. The molecule has 0 bridgehead atoms. The summed E-state index contributed by atoms with van der Waals surface area (Å²) in [6.07, 6.45) is 5.55. The first-order valence-electron chi connectivity index (χ1n) is 13.4. The van der Waals surface area contributed by atoms with Gasteiger partial charge in [-0.3, -0.25) is 19.6 Å². The average molecular weight is 562 g/mol. The Morgan fingerprint density at radius 2 is 1.95 bits per heavy atom. The van der Waals surface area contributed by atoms with Crippen LogP contribution < -0.4 is 16.0 Å². The van der Waals surface area contributed by atoms with E-state index in [2.05, 4.69) is 31.2 Å². The SMILES string of the molecule is Cc1cc(Nc2nc(Sc3ccc(NC(=O)C4CC4)cc3)nn3cc(NC(=O)CN4CCC[C@H]4CO)cc23)n[nH]1. The van der Waals surface area contributed by atoms with Crippen molar-refractivity contribution in [3.05, 3.63) is 48.3 Å². The number of nitrogens with one attached hydrogen (secondary N) is 4. The van der Waals surface area contributed by atoms with Crippen LogP contribution in [0.2, 0.25) is 0 Å². The lowest BCUT2D eigenvalue weighted by molar-refractivity contribution is -0.118. The molecular weight excluding hydrogens is 530 g/mol. The first-order valence-corrected chi connectivity index (χ1v) is 14.2. The molecule has 13 heteroatoms. The largest absolute Gasteiger partial charge is 0.395 e. The van der Waals surface area contributed by atoms with Crippen molar-refractivity contribution in [2.45, 2.75) is 48.7 Å². The fraction of sp³-hybridized carbons (Fsp3) is 0.370. The monoisotopic (exact) mass is 561 g/mol. The minimum Gasteiger partial charge on any atom is -0.395 e. The zero-order valence-electron chi connectivity index (χ0n) is 22.1. The van der Waals surface area contributed by atoms with Crippen molar-refractivity contribution < 1.29 is 14.7 Å². The first-order chi connectivity index (χ1) is 19.4. The molecule has 2 fully saturated rings. The Labute approximate surface area is 234 Å². The van der Waals surface area contributed by atoms with Crippen molar-refractivity contribution in [3.8, 4) is 0 Å². The summed E-state index contributed by atoms with van der Waals surface area (Å²) in [7, 11) is 0. The molecule has 1 saturated heterocycles. The molecule has 208 valence electrons. The third-order valence-electron chi connectivity index (χ3n) is 7.02. The number of fused-ring (bicyclic) bond motifs is 1. The van der Waals surface area contributed by atoms with E-state index in [1.165, 1.54) is 11.8 Å². The lowest BCUT2D eigenvalue weighted by Crippen LogP contribution is -2.38. The van der Waals surface area contributed by atoms with Gasteiger partial charge in [0, 0.05) is 34.3 Å². The first kappa shape index (κ1) is 26.3. The van der Waals surface area contributed by atoms with Crippen LogP contribution in [0.3, 0.4) is 0 Å². The van der Waals surface area contributed by atoms with Crippen LogP contribution in [-0.2, 0) is 9.59 Å². The maximum absolute atomic E-state index is 12.8. The molecule has 1 aliphatic carbocycles. The second kappa shape index (κ2) is 11.3. The smallest absolute Gasteiger partial charge is 0.238 e. The summed E-state index contributed by atoms with van der Waals surface area (Å²) in [5.41, 5.74) is 2.94. The van der Waals surface area contributed by atoms with Crippen LogP contribution in [0.15, 0.2) is 52.6 Å². The number of carbonyl (C=O) groups is 2. The van der Waals surface area contributed by atoms with Gasteiger partial charge in [-0.2, -0.15) is 5.10 Å². The highest BCUT2D eigenvalue weighted by Gasteiger charge is 2.29. The van der Waals surface area contributed by atoms with Gasteiger partial charge >= 0.3 is 0 Å². The van der Waals surface area contributed by atoms with Crippen LogP contribution in [0, 0.1) is 12.8 Å². The number of rotatable bonds is 10. The van der Waals surface area contributed by atoms with Gasteiger partial charge in [-0.25, -0.2) is 9.50 Å². The van der Waals surface area contributed by atoms with Gasteiger partial charge in [0.2, 0.25) is 17.0 Å². The number of benzene rings is 1. The highest BCUT2D eigenvalue weighted by molar-refractivity contribution is 7.99. The molecular formula is C27H31N9O3S. The van der Waals surface area contributed by atoms with E-state index in [1.807, 2.05) is 48.2 Å². The van der Waals surface area contributed by atoms with Crippen LogP contribution in [0.4, 0.5) is 23.0 Å². The number of aliphatic hydroxyl groups excluding tert-OH is 1. The maximum atomic E-state index is 12.8. The summed E-state index contributed by atoms with van der Waals surface area (Å²) in [5, 5.41) is 31.1. The highest BCUT2D eigenvalue weighted by atomic mass is 32.2. The van der Waals surface area contributed by atoms with Gasteiger partial charge in [0.05, 0.1) is 25.0 Å². The maximum Gasteiger partial charge on any atom is 0.238 e. The number of carbonyl (C=O) groups excluding carboxylic acids is 2. The normalized spacial score (nSPS) is 17.3. The molecule has 0 unspecified atom stereocenters. The number of anilines is 4. The molecule has 3 aromatic heterocycles. The van der Waals surface area contributed by atoms with E-state index in [1.54, 1.807) is 10.7 Å². The van der Waals surface area contributed by atoms with Gasteiger partial charge in [0.1, 0.15) is 5.52 Å². The van der Waals surface area contributed by atoms with Crippen molar-refractivity contribution >= 4 is 52.1 Å². The number of amides is 2. The molecule has 40 heavy (non-hydrogen) atoms. The number of aryl methyl sites for hydroxylation is 1. The van der Waals surface area contributed by atoms with Crippen LogP contribution in [-0.4, -0.2) is 72.4 Å². The van der Waals surface area contributed by atoms with Gasteiger partial charge in [-0.15, -0.1) is 5.10 Å². The minimum absolute atomic E-state index is 0.0287.